The SMILES string of the molecule is CCOc1ccc(NC(=O)CN2C(=O)S/C(=C/c3ccc(C(=O)O)cc3)C2=O)cc1. The Kier molecular flexibility index (Phi) is 6.53. The summed E-state index contributed by atoms with van der Waals surface area (Å²) in [5, 5.41) is 11.0. The summed E-state index contributed by atoms with van der Waals surface area (Å²) < 4.78 is 5.33. The lowest BCUT2D eigenvalue weighted by Crippen LogP contribution is -2.36. The Morgan fingerprint density at radius 2 is 1.77 bits per heavy atom. The minimum absolute atomic E-state index is 0.117. The van der Waals surface area contributed by atoms with Crippen molar-refractivity contribution in [3.63, 3.8) is 0 Å². The number of aromatic carboxylic acids is 1. The summed E-state index contributed by atoms with van der Waals surface area (Å²) in [4.78, 5) is 48.9. The number of carbonyl (C=O) groups is 4. The van der Waals surface area contributed by atoms with Gasteiger partial charge >= 0.3 is 5.97 Å². The second kappa shape index (κ2) is 9.27. The number of nitrogens with zero attached hydrogens (tertiary/aromatic N) is 1. The van der Waals surface area contributed by atoms with Gasteiger partial charge in [0, 0.05) is 5.69 Å². The average molecular weight is 426 g/mol. The fraction of sp³-hybridized carbons (Fsp3) is 0.143. The van der Waals surface area contributed by atoms with Crippen LogP contribution in [0.15, 0.2) is 53.4 Å². The van der Waals surface area contributed by atoms with Gasteiger partial charge in [0.05, 0.1) is 17.1 Å². The molecule has 2 aromatic carbocycles. The molecule has 2 N–H and O–H groups in total. The fourth-order valence-corrected chi connectivity index (χ4v) is 3.49. The van der Waals surface area contributed by atoms with Crippen LogP contribution in [0, 0.1) is 0 Å². The van der Waals surface area contributed by atoms with Crippen molar-refractivity contribution < 1.29 is 29.0 Å². The van der Waals surface area contributed by atoms with Crippen molar-refractivity contribution in [2.45, 2.75) is 6.92 Å². The van der Waals surface area contributed by atoms with Crippen LogP contribution in [0.1, 0.15) is 22.8 Å². The summed E-state index contributed by atoms with van der Waals surface area (Å²) >= 11 is 0.729. The fourth-order valence-electron chi connectivity index (χ4n) is 2.65. The average Bonchev–Trinajstić information content (AvgIpc) is 2.97. The lowest BCUT2D eigenvalue weighted by Gasteiger charge is -2.12. The maximum Gasteiger partial charge on any atom is 0.335 e. The molecule has 0 unspecified atom stereocenters. The van der Waals surface area contributed by atoms with Crippen LogP contribution in [0.5, 0.6) is 5.75 Å². The number of rotatable bonds is 7. The monoisotopic (exact) mass is 426 g/mol. The summed E-state index contributed by atoms with van der Waals surface area (Å²) in [7, 11) is 0. The van der Waals surface area contributed by atoms with Crippen molar-refractivity contribution in [3.05, 3.63) is 64.6 Å². The van der Waals surface area contributed by atoms with Crippen molar-refractivity contribution in [2.24, 2.45) is 0 Å². The highest BCUT2D eigenvalue weighted by molar-refractivity contribution is 8.18. The third-order valence-electron chi connectivity index (χ3n) is 4.08. The lowest BCUT2D eigenvalue weighted by molar-refractivity contribution is -0.127. The summed E-state index contributed by atoms with van der Waals surface area (Å²) in [5.41, 5.74) is 1.21. The number of amides is 3. The highest BCUT2D eigenvalue weighted by Crippen LogP contribution is 2.32. The molecule has 3 amide bonds. The van der Waals surface area contributed by atoms with Crippen LogP contribution in [0.4, 0.5) is 10.5 Å². The van der Waals surface area contributed by atoms with Crippen molar-refractivity contribution >= 4 is 46.5 Å². The van der Waals surface area contributed by atoms with Gasteiger partial charge in [0.15, 0.2) is 0 Å². The van der Waals surface area contributed by atoms with Crippen LogP contribution >= 0.6 is 11.8 Å². The van der Waals surface area contributed by atoms with Crippen molar-refractivity contribution in [1.82, 2.24) is 4.90 Å². The molecule has 1 fully saturated rings. The number of carbonyl (C=O) groups excluding carboxylic acids is 3. The van der Waals surface area contributed by atoms with Gasteiger partial charge in [0.2, 0.25) is 5.91 Å². The van der Waals surface area contributed by atoms with Gasteiger partial charge in [0.1, 0.15) is 12.3 Å². The molecule has 30 heavy (non-hydrogen) atoms. The Morgan fingerprint density at radius 3 is 2.37 bits per heavy atom. The maximum absolute atomic E-state index is 12.5. The standard InChI is InChI=1S/C21H18N2O6S/c1-2-29-16-9-7-15(8-10-16)22-18(24)12-23-19(25)17(30-21(23)28)11-13-3-5-14(6-4-13)20(26)27/h3-11H,2,12H2,1H3,(H,22,24)(H,26,27)/b17-11+. The highest BCUT2D eigenvalue weighted by atomic mass is 32.2. The second-order valence-corrected chi connectivity index (χ2v) is 7.19. The van der Waals surface area contributed by atoms with Gasteiger partial charge < -0.3 is 15.2 Å². The molecule has 0 spiro atoms. The van der Waals surface area contributed by atoms with E-state index < -0.39 is 29.6 Å². The molecule has 1 heterocycles. The van der Waals surface area contributed by atoms with Gasteiger partial charge in [0.25, 0.3) is 11.1 Å². The number of hydrogen-bond donors (Lipinski definition) is 2. The summed E-state index contributed by atoms with van der Waals surface area (Å²) in [6.45, 7) is 1.99. The zero-order chi connectivity index (χ0) is 21.7. The van der Waals surface area contributed by atoms with E-state index in [1.165, 1.54) is 30.3 Å². The minimum Gasteiger partial charge on any atom is -0.494 e. The molecule has 1 aliphatic rings. The smallest absolute Gasteiger partial charge is 0.335 e. The number of carboxylic acid groups (broad SMARTS) is 1. The Balaban J connectivity index is 1.64. The predicted molar refractivity (Wildman–Crippen MR) is 112 cm³/mol. The summed E-state index contributed by atoms with van der Waals surface area (Å²) in [5.74, 6) is -1.47. The highest BCUT2D eigenvalue weighted by Gasteiger charge is 2.36. The van der Waals surface area contributed by atoms with E-state index in [1.54, 1.807) is 24.3 Å². The molecule has 2 aromatic rings. The van der Waals surface area contributed by atoms with Gasteiger partial charge in [-0.15, -0.1) is 0 Å². The molecule has 3 rings (SSSR count). The van der Waals surface area contributed by atoms with Crippen molar-refractivity contribution in [1.29, 1.82) is 0 Å². The van der Waals surface area contributed by atoms with Gasteiger partial charge in [-0.2, -0.15) is 0 Å². The molecule has 1 saturated heterocycles. The Bertz CT molecular complexity index is 1010. The van der Waals surface area contributed by atoms with E-state index in [9.17, 15) is 19.2 Å². The van der Waals surface area contributed by atoms with Crippen LogP contribution in [0.3, 0.4) is 0 Å². The zero-order valence-corrected chi connectivity index (χ0v) is 16.8. The first kappa shape index (κ1) is 21.1. The Hall–Kier alpha value is -3.59. The molecule has 0 radical (unpaired) electrons. The van der Waals surface area contributed by atoms with E-state index in [-0.39, 0.29) is 10.5 Å². The van der Waals surface area contributed by atoms with E-state index in [1.807, 2.05) is 6.92 Å². The van der Waals surface area contributed by atoms with Crippen LogP contribution in [-0.4, -0.2) is 46.2 Å². The minimum atomic E-state index is -1.06. The van der Waals surface area contributed by atoms with Crippen LogP contribution in [0.25, 0.3) is 6.08 Å². The predicted octanol–water partition coefficient (Wildman–Crippen LogP) is 3.46. The number of anilines is 1. The summed E-state index contributed by atoms with van der Waals surface area (Å²) in [6, 6.07) is 12.6. The molecule has 0 atom stereocenters. The number of ether oxygens (including phenoxy) is 1. The van der Waals surface area contributed by atoms with Crippen LogP contribution in [-0.2, 0) is 9.59 Å². The van der Waals surface area contributed by atoms with Crippen molar-refractivity contribution in [3.8, 4) is 5.75 Å². The molecule has 1 aliphatic heterocycles. The van der Waals surface area contributed by atoms with Crippen molar-refractivity contribution in [2.75, 3.05) is 18.5 Å². The lowest BCUT2D eigenvalue weighted by atomic mass is 10.1. The third-order valence-corrected chi connectivity index (χ3v) is 4.99. The molecule has 0 bridgehead atoms. The van der Waals surface area contributed by atoms with Gasteiger partial charge in [-0.3, -0.25) is 19.3 Å². The molecular formula is C21H18N2O6S. The van der Waals surface area contributed by atoms with E-state index in [4.69, 9.17) is 9.84 Å². The van der Waals surface area contributed by atoms with E-state index in [0.717, 1.165) is 16.7 Å². The number of imide groups is 1. The zero-order valence-electron chi connectivity index (χ0n) is 16.0. The van der Waals surface area contributed by atoms with Gasteiger partial charge in [-0.05, 0) is 66.7 Å². The van der Waals surface area contributed by atoms with Gasteiger partial charge in [-0.1, -0.05) is 12.1 Å². The van der Waals surface area contributed by atoms with Crippen LogP contribution < -0.4 is 10.1 Å². The number of thioether (sulfide) groups is 1. The molecular weight excluding hydrogens is 408 g/mol. The number of nitrogens with one attached hydrogen (secondary N) is 1. The van der Waals surface area contributed by atoms with E-state index in [2.05, 4.69) is 5.32 Å². The number of hydrogen-bond acceptors (Lipinski definition) is 6. The molecule has 154 valence electrons. The first-order chi connectivity index (χ1) is 14.4. The number of carboxylic acids is 1. The van der Waals surface area contributed by atoms with Gasteiger partial charge in [-0.25, -0.2) is 4.79 Å². The third kappa shape index (κ3) is 5.06. The maximum atomic E-state index is 12.5. The first-order valence-electron chi connectivity index (χ1n) is 8.99. The van der Waals surface area contributed by atoms with E-state index in [0.29, 0.717) is 23.6 Å². The van der Waals surface area contributed by atoms with E-state index >= 15 is 0 Å². The Morgan fingerprint density at radius 1 is 1.10 bits per heavy atom. The summed E-state index contributed by atoms with van der Waals surface area (Å²) in [6.07, 6.45) is 1.49. The molecule has 8 nitrogen and oxygen atoms in total. The molecule has 9 heteroatoms. The molecule has 0 saturated carbocycles. The Labute approximate surface area is 176 Å². The molecule has 0 aliphatic carbocycles. The molecule has 0 aromatic heterocycles. The number of benzene rings is 2. The second-order valence-electron chi connectivity index (χ2n) is 6.20. The van der Waals surface area contributed by atoms with Crippen LogP contribution in [0.2, 0.25) is 0 Å². The normalized spacial score (nSPS) is 14.8. The topological polar surface area (TPSA) is 113 Å². The largest absolute Gasteiger partial charge is 0.494 e. The quantitative estimate of drug-likeness (QED) is 0.652. The first-order valence-corrected chi connectivity index (χ1v) is 9.80.